The second kappa shape index (κ2) is 7.55. The zero-order valence-corrected chi connectivity index (χ0v) is 14.6. The lowest BCUT2D eigenvalue weighted by atomic mass is 10.1. The average Bonchev–Trinajstić information content (AvgIpc) is 2.60. The lowest BCUT2D eigenvalue weighted by Gasteiger charge is -2.12. The zero-order valence-electron chi connectivity index (χ0n) is 13.1. The average molecular weight is 373 g/mol. The number of hydrogen-bond acceptors (Lipinski definition) is 3. The van der Waals surface area contributed by atoms with Gasteiger partial charge in [-0.05, 0) is 42.0 Å². The third-order valence-electron chi connectivity index (χ3n) is 3.53. The number of pyridine rings is 1. The van der Waals surface area contributed by atoms with Gasteiger partial charge >= 0.3 is 0 Å². The van der Waals surface area contributed by atoms with Crippen LogP contribution in [0.25, 0.3) is 10.9 Å². The summed E-state index contributed by atoms with van der Waals surface area (Å²) in [5, 5.41) is 4.63. The molecular weight excluding hydrogens is 359 g/mol. The number of rotatable bonds is 5. The minimum atomic E-state index is -0.231. The summed E-state index contributed by atoms with van der Waals surface area (Å²) in [5.74, 6) is 0.871. The second-order valence-electron chi connectivity index (χ2n) is 5.25. The highest BCUT2D eigenvalue weighted by Gasteiger charge is 2.10. The van der Waals surface area contributed by atoms with Crippen LogP contribution >= 0.6 is 23.2 Å². The van der Waals surface area contributed by atoms with E-state index >= 15 is 0 Å². The third-order valence-corrected chi connectivity index (χ3v) is 3.96. The van der Waals surface area contributed by atoms with Gasteiger partial charge in [-0.3, -0.25) is 9.78 Å². The van der Waals surface area contributed by atoms with Crippen LogP contribution in [0.5, 0.6) is 11.5 Å². The van der Waals surface area contributed by atoms with Crippen molar-refractivity contribution in [2.45, 2.75) is 6.54 Å². The Kier molecular flexibility index (Phi) is 5.22. The van der Waals surface area contributed by atoms with Gasteiger partial charge in [0.2, 0.25) is 5.91 Å². The molecule has 1 amide bonds. The molecule has 1 heterocycles. The molecule has 0 spiro atoms. The molecule has 0 aliphatic carbocycles. The van der Waals surface area contributed by atoms with Gasteiger partial charge in [-0.2, -0.15) is 0 Å². The van der Waals surface area contributed by atoms with Crippen molar-refractivity contribution in [3.63, 3.8) is 0 Å². The first-order valence-electron chi connectivity index (χ1n) is 7.47. The lowest BCUT2D eigenvalue weighted by Crippen LogP contribution is -2.20. The molecule has 1 aromatic heterocycles. The highest BCUT2D eigenvalue weighted by molar-refractivity contribution is 6.34. The summed E-state index contributed by atoms with van der Waals surface area (Å²) < 4.78 is 5.92. The number of nitrogens with zero attached hydrogens (tertiary/aromatic N) is 1. The molecule has 126 valence electrons. The van der Waals surface area contributed by atoms with E-state index in [2.05, 4.69) is 16.9 Å². The van der Waals surface area contributed by atoms with Crippen molar-refractivity contribution in [3.05, 3.63) is 76.9 Å². The van der Waals surface area contributed by atoms with Crippen molar-refractivity contribution in [2.24, 2.45) is 0 Å². The predicted octanol–water partition coefficient (Wildman–Crippen LogP) is 5.14. The van der Waals surface area contributed by atoms with Crippen molar-refractivity contribution >= 4 is 40.0 Å². The van der Waals surface area contributed by atoms with Gasteiger partial charge in [-0.1, -0.05) is 41.9 Å². The quantitative estimate of drug-likeness (QED) is 0.631. The van der Waals surface area contributed by atoms with Crippen LogP contribution in [0.2, 0.25) is 10.0 Å². The molecule has 3 aromatic rings. The van der Waals surface area contributed by atoms with Gasteiger partial charge in [0.05, 0.1) is 0 Å². The van der Waals surface area contributed by atoms with Crippen LogP contribution in [-0.2, 0) is 11.3 Å². The Morgan fingerprint density at radius 3 is 2.68 bits per heavy atom. The number of aromatic nitrogens is 1. The normalized spacial score (nSPS) is 10.5. The molecule has 0 saturated heterocycles. The Bertz CT molecular complexity index is 937. The molecule has 1 N–H and O–H groups in total. The predicted molar refractivity (Wildman–Crippen MR) is 100 cm³/mol. The number of ether oxygens (including phenoxy) is 1. The third kappa shape index (κ3) is 4.10. The standard InChI is InChI=1S/C19H14Cl2N2O2/c1-2-18(24)23-11-12-5-6-17(19-16(12)4-3-7-22-19)25-15-9-13(20)8-14(21)10-15/h2-10H,1,11H2,(H,23,24). The van der Waals surface area contributed by atoms with Gasteiger partial charge in [-0.25, -0.2) is 0 Å². The van der Waals surface area contributed by atoms with Gasteiger partial charge in [0.15, 0.2) is 5.75 Å². The van der Waals surface area contributed by atoms with Gasteiger partial charge in [0, 0.05) is 28.2 Å². The van der Waals surface area contributed by atoms with Crippen molar-refractivity contribution in [1.29, 1.82) is 0 Å². The topological polar surface area (TPSA) is 51.2 Å². The van der Waals surface area contributed by atoms with E-state index in [0.717, 1.165) is 10.9 Å². The van der Waals surface area contributed by atoms with E-state index in [4.69, 9.17) is 27.9 Å². The molecule has 2 aromatic carbocycles. The molecule has 6 heteroatoms. The second-order valence-corrected chi connectivity index (χ2v) is 6.12. The molecule has 0 aliphatic rings. The minimum Gasteiger partial charge on any atom is -0.455 e. The monoisotopic (exact) mass is 372 g/mol. The number of carbonyl (C=O) groups excluding carboxylic acids is 1. The molecule has 0 atom stereocenters. The number of nitrogens with one attached hydrogen (secondary N) is 1. The van der Waals surface area contributed by atoms with Crippen molar-refractivity contribution in [3.8, 4) is 11.5 Å². The Morgan fingerprint density at radius 2 is 1.96 bits per heavy atom. The van der Waals surface area contributed by atoms with Gasteiger partial charge in [0.1, 0.15) is 11.3 Å². The smallest absolute Gasteiger partial charge is 0.243 e. The summed E-state index contributed by atoms with van der Waals surface area (Å²) in [5.41, 5.74) is 1.61. The first kappa shape index (κ1) is 17.3. The summed E-state index contributed by atoms with van der Waals surface area (Å²) in [6.45, 7) is 3.82. The van der Waals surface area contributed by atoms with E-state index in [1.807, 2.05) is 18.2 Å². The largest absolute Gasteiger partial charge is 0.455 e. The molecule has 0 saturated carbocycles. The molecule has 3 rings (SSSR count). The fraction of sp³-hybridized carbons (Fsp3) is 0.0526. The molecular formula is C19H14Cl2N2O2. The summed E-state index contributed by atoms with van der Waals surface area (Å²) in [4.78, 5) is 15.8. The molecule has 0 fully saturated rings. The van der Waals surface area contributed by atoms with Crippen LogP contribution in [0.15, 0.2) is 61.3 Å². The summed E-state index contributed by atoms with van der Waals surface area (Å²) in [6, 6.07) is 12.4. The molecule has 0 aliphatic heterocycles. The van der Waals surface area contributed by atoms with Gasteiger partial charge in [-0.15, -0.1) is 0 Å². The van der Waals surface area contributed by atoms with Gasteiger partial charge < -0.3 is 10.1 Å². The Morgan fingerprint density at radius 1 is 1.20 bits per heavy atom. The Hall–Kier alpha value is -2.56. The molecule has 0 bridgehead atoms. The van der Waals surface area contributed by atoms with Crippen LogP contribution in [0.3, 0.4) is 0 Å². The number of halogens is 2. The lowest BCUT2D eigenvalue weighted by molar-refractivity contribution is -0.116. The molecule has 25 heavy (non-hydrogen) atoms. The first-order valence-corrected chi connectivity index (χ1v) is 8.23. The number of hydrogen-bond donors (Lipinski definition) is 1. The highest BCUT2D eigenvalue weighted by atomic mass is 35.5. The summed E-state index contributed by atoms with van der Waals surface area (Å²) in [6.07, 6.45) is 2.92. The number of carbonyl (C=O) groups is 1. The van der Waals surface area contributed by atoms with Crippen LogP contribution in [0.1, 0.15) is 5.56 Å². The summed E-state index contributed by atoms with van der Waals surface area (Å²) in [7, 11) is 0. The van der Waals surface area contributed by atoms with Crippen LogP contribution in [0.4, 0.5) is 0 Å². The zero-order chi connectivity index (χ0) is 17.8. The summed E-state index contributed by atoms with van der Waals surface area (Å²) >= 11 is 12.0. The first-order chi connectivity index (χ1) is 12.1. The number of benzene rings is 2. The van der Waals surface area contributed by atoms with E-state index in [9.17, 15) is 4.79 Å². The fourth-order valence-corrected chi connectivity index (χ4v) is 2.92. The van der Waals surface area contributed by atoms with E-state index in [0.29, 0.717) is 33.6 Å². The van der Waals surface area contributed by atoms with E-state index in [1.165, 1.54) is 6.08 Å². The number of fused-ring (bicyclic) bond motifs is 1. The fourth-order valence-electron chi connectivity index (χ4n) is 2.41. The molecule has 0 unspecified atom stereocenters. The van der Waals surface area contributed by atoms with E-state index in [-0.39, 0.29) is 5.91 Å². The maximum atomic E-state index is 11.4. The molecule has 4 nitrogen and oxygen atoms in total. The maximum absolute atomic E-state index is 11.4. The van der Waals surface area contributed by atoms with Crippen molar-refractivity contribution in [1.82, 2.24) is 10.3 Å². The SMILES string of the molecule is C=CC(=O)NCc1ccc(Oc2cc(Cl)cc(Cl)c2)c2ncccc12. The number of amides is 1. The van der Waals surface area contributed by atoms with Gasteiger partial charge in [0.25, 0.3) is 0 Å². The minimum absolute atomic E-state index is 0.231. The van der Waals surface area contributed by atoms with E-state index in [1.54, 1.807) is 30.5 Å². The highest BCUT2D eigenvalue weighted by Crippen LogP contribution is 2.33. The van der Waals surface area contributed by atoms with E-state index < -0.39 is 0 Å². The Labute approximate surface area is 155 Å². The maximum Gasteiger partial charge on any atom is 0.243 e. The van der Waals surface area contributed by atoms with Crippen molar-refractivity contribution < 1.29 is 9.53 Å². The van der Waals surface area contributed by atoms with Crippen LogP contribution in [0, 0.1) is 0 Å². The van der Waals surface area contributed by atoms with Crippen molar-refractivity contribution in [2.75, 3.05) is 0 Å². The van der Waals surface area contributed by atoms with Crippen LogP contribution in [-0.4, -0.2) is 10.9 Å². The Balaban J connectivity index is 1.97. The molecule has 0 radical (unpaired) electrons. The van der Waals surface area contributed by atoms with Crippen LogP contribution < -0.4 is 10.1 Å².